The number of aromatic nitrogens is 3. The minimum absolute atomic E-state index is 0.437. The van der Waals surface area contributed by atoms with Crippen LogP contribution in [0.5, 0.6) is 6.01 Å². The zero-order valence-electron chi connectivity index (χ0n) is 16.1. The Hall–Kier alpha value is -1.63. The van der Waals surface area contributed by atoms with E-state index in [9.17, 15) is 0 Å². The number of piperazine rings is 1. The number of rotatable bonds is 4. The van der Waals surface area contributed by atoms with Crippen molar-refractivity contribution in [2.24, 2.45) is 0 Å². The van der Waals surface area contributed by atoms with Crippen molar-refractivity contribution in [1.82, 2.24) is 19.9 Å². The molecule has 7 nitrogen and oxygen atoms in total. The van der Waals surface area contributed by atoms with E-state index < -0.39 is 0 Å². The molecule has 1 aromatic rings. The van der Waals surface area contributed by atoms with Gasteiger partial charge < -0.3 is 14.5 Å². The first kappa shape index (κ1) is 17.8. The molecule has 3 fully saturated rings. The Morgan fingerprint density at radius 3 is 1.85 bits per heavy atom. The molecular formula is C19H32N6O. The van der Waals surface area contributed by atoms with Crippen LogP contribution in [0.1, 0.15) is 51.4 Å². The summed E-state index contributed by atoms with van der Waals surface area (Å²) in [7, 11) is 1.64. The van der Waals surface area contributed by atoms with Gasteiger partial charge in [0, 0.05) is 45.3 Å². The van der Waals surface area contributed by atoms with Crippen molar-refractivity contribution < 1.29 is 4.74 Å². The van der Waals surface area contributed by atoms with E-state index in [1.165, 1.54) is 51.4 Å². The average molecular weight is 361 g/mol. The lowest BCUT2D eigenvalue weighted by molar-refractivity contribution is 0.186. The molecule has 0 bridgehead atoms. The van der Waals surface area contributed by atoms with Gasteiger partial charge in [0.25, 0.3) is 0 Å². The lowest BCUT2D eigenvalue weighted by Gasteiger charge is -2.38. The second-order valence-electron chi connectivity index (χ2n) is 7.78. The van der Waals surface area contributed by atoms with Gasteiger partial charge in [0.15, 0.2) is 0 Å². The summed E-state index contributed by atoms with van der Waals surface area (Å²) in [6.07, 6.45) is 10.6. The number of nitrogens with zero attached hydrogens (tertiary/aromatic N) is 6. The van der Waals surface area contributed by atoms with Gasteiger partial charge in [0.2, 0.25) is 11.9 Å². The maximum Gasteiger partial charge on any atom is 0.322 e. The summed E-state index contributed by atoms with van der Waals surface area (Å²) in [6, 6.07) is 1.24. The molecule has 0 aromatic carbocycles. The molecule has 3 aliphatic rings. The topological polar surface area (TPSA) is 57.6 Å². The zero-order valence-corrected chi connectivity index (χ0v) is 16.1. The predicted molar refractivity (Wildman–Crippen MR) is 103 cm³/mol. The second kappa shape index (κ2) is 8.37. The molecule has 0 atom stereocenters. The third kappa shape index (κ3) is 4.03. The smallest absolute Gasteiger partial charge is 0.322 e. The molecule has 7 heteroatoms. The highest BCUT2D eigenvalue weighted by atomic mass is 16.5. The fourth-order valence-electron chi connectivity index (χ4n) is 4.54. The lowest BCUT2D eigenvalue weighted by Crippen LogP contribution is -2.50. The number of ether oxygens (including phenoxy) is 1. The van der Waals surface area contributed by atoms with Gasteiger partial charge in [-0.15, -0.1) is 0 Å². The van der Waals surface area contributed by atoms with E-state index in [1.54, 1.807) is 7.11 Å². The predicted octanol–water partition coefficient (Wildman–Crippen LogP) is 2.33. The molecule has 144 valence electrons. The Morgan fingerprint density at radius 2 is 1.27 bits per heavy atom. The highest BCUT2D eigenvalue weighted by Crippen LogP contribution is 2.26. The van der Waals surface area contributed by atoms with Crippen LogP contribution in [0.2, 0.25) is 0 Å². The molecule has 4 rings (SSSR count). The van der Waals surface area contributed by atoms with E-state index in [-0.39, 0.29) is 0 Å². The Morgan fingerprint density at radius 1 is 0.692 bits per heavy atom. The summed E-state index contributed by atoms with van der Waals surface area (Å²) in [6.45, 7) is 6.26. The van der Waals surface area contributed by atoms with Crippen LogP contribution in [0.4, 0.5) is 11.9 Å². The minimum Gasteiger partial charge on any atom is -0.467 e. The highest BCUT2D eigenvalue weighted by Gasteiger charge is 2.28. The quantitative estimate of drug-likeness (QED) is 0.817. The summed E-state index contributed by atoms with van der Waals surface area (Å²) in [4.78, 5) is 21.2. The van der Waals surface area contributed by atoms with Gasteiger partial charge in [-0.2, -0.15) is 15.0 Å². The minimum atomic E-state index is 0.437. The molecule has 0 spiro atoms. The van der Waals surface area contributed by atoms with Crippen LogP contribution in [0.15, 0.2) is 0 Å². The van der Waals surface area contributed by atoms with Gasteiger partial charge in [0.05, 0.1) is 7.11 Å². The average Bonchev–Trinajstić information content (AvgIpc) is 3.10. The number of anilines is 2. The third-order valence-electron chi connectivity index (χ3n) is 6.10. The first-order chi connectivity index (χ1) is 12.8. The number of methoxy groups -OCH3 is 1. The molecule has 3 heterocycles. The van der Waals surface area contributed by atoms with Crippen LogP contribution >= 0.6 is 0 Å². The van der Waals surface area contributed by atoms with Crippen molar-refractivity contribution in [2.45, 2.75) is 57.4 Å². The van der Waals surface area contributed by atoms with E-state index in [2.05, 4.69) is 24.7 Å². The van der Waals surface area contributed by atoms with E-state index in [4.69, 9.17) is 9.72 Å². The molecule has 0 unspecified atom stereocenters. The molecule has 2 saturated heterocycles. The summed E-state index contributed by atoms with van der Waals surface area (Å²) < 4.78 is 5.38. The molecule has 0 N–H and O–H groups in total. The van der Waals surface area contributed by atoms with Crippen LogP contribution in [0.25, 0.3) is 0 Å². The summed E-state index contributed by atoms with van der Waals surface area (Å²) in [5, 5.41) is 0. The Kier molecular flexibility index (Phi) is 5.72. The van der Waals surface area contributed by atoms with Gasteiger partial charge in [0.1, 0.15) is 0 Å². The molecule has 1 aliphatic carbocycles. The number of hydrogen-bond donors (Lipinski definition) is 0. The summed E-state index contributed by atoms with van der Waals surface area (Å²) in [5.41, 5.74) is 0. The standard InChI is InChI=1S/C19H32N6O/c1-26-19-21-17(24-10-6-2-3-7-11-24)20-18(22-19)25-14-12-23(13-15-25)16-8-4-5-9-16/h16H,2-15H2,1H3. The van der Waals surface area contributed by atoms with E-state index >= 15 is 0 Å². The van der Waals surface area contributed by atoms with Gasteiger partial charge in [-0.1, -0.05) is 25.7 Å². The van der Waals surface area contributed by atoms with Crippen molar-refractivity contribution in [3.8, 4) is 6.01 Å². The van der Waals surface area contributed by atoms with Crippen LogP contribution in [-0.2, 0) is 0 Å². The molecule has 1 aromatic heterocycles. The zero-order chi connectivity index (χ0) is 17.8. The Labute approximate surface area is 156 Å². The molecule has 1 saturated carbocycles. The Balaban J connectivity index is 1.46. The monoisotopic (exact) mass is 360 g/mol. The maximum absolute atomic E-state index is 5.38. The van der Waals surface area contributed by atoms with Gasteiger partial charge in [-0.3, -0.25) is 4.90 Å². The third-order valence-corrected chi connectivity index (χ3v) is 6.10. The van der Waals surface area contributed by atoms with Crippen molar-refractivity contribution >= 4 is 11.9 Å². The van der Waals surface area contributed by atoms with Crippen molar-refractivity contribution in [2.75, 3.05) is 56.2 Å². The lowest BCUT2D eigenvalue weighted by atomic mass is 10.2. The summed E-state index contributed by atoms with van der Waals surface area (Å²) >= 11 is 0. The van der Waals surface area contributed by atoms with Crippen molar-refractivity contribution in [1.29, 1.82) is 0 Å². The molecule has 26 heavy (non-hydrogen) atoms. The van der Waals surface area contributed by atoms with Crippen LogP contribution < -0.4 is 14.5 Å². The first-order valence-corrected chi connectivity index (χ1v) is 10.4. The maximum atomic E-state index is 5.38. The van der Waals surface area contributed by atoms with E-state index in [1.807, 2.05) is 0 Å². The first-order valence-electron chi connectivity index (χ1n) is 10.4. The molecule has 0 radical (unpaired) electrons. The van der Waals surface area contributed by atoms with Gasteiger partial charge in [-0.25, -0.2) is 0 Å². The molecular weight excluding hydrogens is 328 g/mol. The fraction of sp³-hybridized carbons (Fsp3) is 0.842. The molecule has 2 aliphatic heterocycles. The van der Waals surface area contributed by atoms with Crippen molar-refractivity contribution in [3.63, 3.8) is 0 Å². The van der Waals surface area contributed by atoms with E-state index in [0.29, 0.717) is 6.01 Å². The van der Waals surface area contributed by atoms with Crippen LogP contribution in [0, 0.1) is 0 Å². The van der Waals surface area contributed by atoms with Gasteiger partial charge >= 0.3 is 6.01 Å². The highest BCUT2D eigenvalue weighted by molar-refractivity contribution is 5.41. The fourth-order valence-corrected chi connectivity index (χ4v) is 4.54. The largest absolute Gasteiger partial charge is 0.467 e. The second-order valence-corrected chi connectivity index (χ2v) is 7.78. The summed E-state index contributed by atoms with van der Waals surface area (Å²) in [5.74, 6) is 1.56. The van der Waals surface area contributed by atoms with Crippen molar-refractivity contribution in [3.05, 3.63) is 0 Å². The normalized spacial score (nSPS) is 23.3. The molecule has 0 amide bonds. The van der Waals surface area contributed by atoms with Gasteiger partial charge in [-0.05, 0) is 25.7 Å². The van der Waals surface area contributed by atoms with E-state index in [0.717, 1.165) is 57.2 Å². The SMILES string of the molecule is COc1nc(N2CCCCCC2)nc(N2CCN(C3CCCC3)CC2)n1. The van der Waals surface area contributed by atoms with Crippen LogP contribution in [-0.4, -0.2) is 72.3 Å². The van der Waals surface area contributed by atoms with Crippen LogP contribution in [0.3, 0.4) is 0 Å². The Bertz CT molecular complexity index is 575. The number of hydrogen-bond acceptors (Lipinski definition) is 7.